The van der Waals surface area contributed by atoms with E-state index in [0.29, 0.717) is 34.1 Å². The second-order valence-electron chi connectivity index (χ2n) is 7.19. The number of alkyl halides is 3. The Morgan fingerprint density at radius 2 is 1.82 bits per heavy atom. The largest absolute Gasteiger partial charge is 0.491 e. The topological polar surface area (TPSA) is 131 Å². The number of thiophene rings is 1. The molecule has 3 amide bonds. The maximum absolute atomic E-state index is 12.4. The lowest BCUT2D eigenvalue weighted by Gasteiger charge is -2.26. The number of ether oxygens (including phenoxy) is 1. The number of amides is 3. The van der Waals surface area contributed by atoms with Crippen molar-refractivity contribution in [1.82, 2.24) is 4.90 Å². The first-order valence-corrected chi connectivity index (χ1v) is 11.0. The summed E-state index contributed by atoms with van der Waals surface area (Å²) in [6, 6.07) is 5.79. The van der Waals surface area contributed by atoms with Crippen molar-refractivity contribution < 1.29 is 37.1 Å². The number of primary amides is 1. The van der Waals surface area contributed by atoms with Crippen molar-refractivity contribution in [2.45, 2.75) is 25.6 Å². The molecular formula is C20H18ClF3N4O5S. The van der Waals surface area contributed by atoms with Crippen LogP contribution in [0.5, 0.6) is 0 Å². The molecular weight excluding hydrogens is 501 g/mol. The summed E-state index contributed by atoms with van der Waals surface area (Å²) in [7, 11) is 0. The number of nitrogens with zero attached hydrogens (tertiary/aromatic N) is 1. The van der Waals surface area contributed by atoms with Gasteiger partial charge in [-0.05, 0) is 36.2 Å². The van der Waals surface area contributed by atoms with Gasteiger partial charge in [0.05, 0.1) is 12.0 Å². The minimum atomic E-state index is -5.25. The van der Waals surface area contributed by atoms with E-state index in [1.807, 2.05) is 0 Å². The Hall–Kier alpha value is -3.16. The predicted octanol–water partition coefficient (Wildman–Crippen LogP) is 3.52. The van der Waals surface area contributed by atoms with Crippen molar-refractivity contribution in [3.8, 4) is 0 Å². The highest BCUT2D eigenvalue weighted by Gasteiger charge is 2.42. The fourth-order valence-electron chi connectivity index (χ4n) is 3.26. The molecule has 1 aromatic heterocycles. The number of halogens is 4. The molecule has 1 aliphatic rings. The lowest BCUT2D eigenvalue weighted by molar-refractivity contribution is -0.201. The van der Waals surface area contributed by atoms with Crippen molar-refractivity contribution >= 4 is 57.5 Å². The molecule has 0 radical (unpaired) electrons. The van der Waals surface area contributed by atoms with Crippen LogP contribution in [0.2, 0.25) is 5.02 Å². The van der Waals surface area contributed by atoms with Crippen LogP contribution < -0.4 is 16.4 Å². The summed E-state index contributed by atoms with van der Waals surface area (Å²) < 4.78 is 40.4. The molecule has 0 saturated carbocycles. The van der Waals surface area contributed by atoms with Crippen LogP contribution in [0.25, 0.3) is 0 Å². The van der Waals surface area contributed by atoms with Crippen molar-refractivity contribution in [2.75, 3.05) is 23.7 Å². The first-order chi connectivity index (χ1) is 15.9. The van der Waals surface area contributed by atoms with Crippen molar-refractivity contribution in [2.24, 2.45) is 5.73 Å². The number of hydrogen-bond acceptors (Lipinski definition) is 7. The fraction of sp³-hybridized carbons (Fsp3) is 0.300. The summed E-state index contributed by atoms with van der Waals surface area (Å²) in [6.45, 7) is 0.676. The van der Waals surface area contributed by atoms with Crippen LogP contribution in [0.1, 0.15) is 27.2 Å². The van der Waals surface area contributed by atoms with Crippen molar-refractivity contribution in [3.63, 3.8) is 0 Å². The van der Waals surface area contributed by atoms with Crippen LogP contribution >= 0.6 is 22.9 Å². The van der Waals surface area contributed by atoms with Gasteiger partial charge >= 0.3 is 24.1 Å². The molecule has 0 saturated heterocycles. The minimum absolute atomic E-state index is 0.0348. The third-order valence-corrected chi connectivity index (χ3v) is 6.17. The van der Waals surface area contributed by atoms with Gasteiger partial charge in [-0.2, -0.15) is 13.2 Å². The first-order valence-electron chi connectivity index (χ1n) is 9.76. The Balaban J connectivity index is 1.63. The number of esters is 2. The van der Waals surface area contributed by atoms with E-state index in [1.54, 1.807) is 29.2 Å². The molecule has 9 nitrogen and oxygen atoms in total. The average Bonchev–Trinajstić information content (AvgIpc) is 3.10. The molecule has 14 heteroatoms. The molecule has 0 bridgehead atoms. The van der Waals surface area contributed by atoms with E-state index in [0.717, 1.165) is 11.3 Å². The molecule has 1 aromatic carbocycles. The number of urea groups is 1. The molecule has 0 atom stereocenters. The van der Waals surface area contributed by atoms with E-state index in [2.05, 4.69) is 15.4 Å². The van der Waals surface area contributed by atoms with Crippen LogP contribution in [-0.2, 0) is 27.3 Å². The minimum Gasteiger partial charge on any atom is -0.386 e. The van der Waals surface area contributed by atoms with E-state index >= 15 is 0 Å². The van der Waals surface area contributed by atoms with Gasteiger partial charge in [-0.3, -0.25) is 19.8 Å². The van der Waals surface area contributed by atoms with Crippen LogP contribution in [-0.4, -0.2) is 48.0 Å². The molecule has 34 heavy (non-hydrogen) atoms. The van der Waals surface area contributed by atoms with Gasteiger partial charge in [-0.25, -0.2) is 9.59 Å². The normalized spacial score (nSPS) is 13.6. The second kappa shape index (κ2) is 10.4. The number of nitrogens with two attached hydrogens (primary N) is 1. The maximum atomic E-state index is 12.4. The van der Waals surface area contributed by atoms with Gasteiger partial charge in [0.2, 0.25) is 0 Å². The zero-order chi connectivity index (χ0) is 25.0. The molecule has 1 aliphatic heterocycles. The lowest BCUT2D eigenvalue weighted by Crippen LogP contribution is -2.34. The standard InChI is InChI=1S/C20H18ClF3N4O5S/c21-10-1-3-11(4-2-10)26-19(32)27-17-15(16(25)30)12-5-7-28(9-13(12)34-17)8-6-14(29)33-18(31)20(22,23)24/h1-4H,5-9H2,(H2,25,30)(H2,26,27,32). The van der Waals surface area contributed by atoms with E-state index < -0.39 is 36.5 Å². The summed E-state index contributed by atoms with van der Waals surface area (Å²) >= 11 is 6.94. The van der Waals surface area contributed by atoms with Gasteiger partial charge in [0.15, 0.2) is 0 Å². The van der Waals surface area contributed by atoms with Crippen LogP contribution in [0.15, 0.2) is 24.3 Å². The number of fused-ring (bicyclic) bond motifs is 1. The van der Waals surface area contributed by atoms with Gasteiger partial charge < -0.3 is 15.8 Å². The molecule has 182 valence electrons. The summed E-state index contributed by atoms with van der Waals surface area (Å²) in [6.07, 6.45) is -5.32. The number of rotatable bonds is 6. The average molecular weight is 519 g/mol. The quantitative estimate of drug-likeness (QED) is 0.396. The van der Waals surface area contributed by atoms with Gasteiger partial charge in [-0.15, -0.1) is 11.3 Å². The zero-order valence-corrected chi connectivity index (χ0v) is 18.9. The summed E-state index contributed by atoms with van der Waals surface area (Å²) in [5.74, 6) is -4.57. The third kappa shape index (κ3) is 6.46. The second-order valence-corrected chi connectivity index (χ2v) is 8.74. The highest BCUT2D eigenvalue weighted by molar-refractivity contribution is 7.17. The monoisotopic (exact) mass is 518 g/mol. The third-order valence-electron chi connectivity index (χ3n) is 4.78. The number of anilines is 2. The van der Waals surface area contributed by atoms with E-state index in [4.69, 9.17) is 17.3 Å². The summed E-state index contributed by atoms with van der Waals surface area (Å²) in [5.41, 5.74) is 6.84. The van der Waals surface area contributed by atoms with Crippen LogP contribution in [0.4, 0.5) is 28.7 Å². The Labute approximate surface area is 200 Å². The molecule has 0 spiro atoms. The van der Waals surface area contributed by atoms with Crippen molar-refractivity contribution in [1.29, 1.82) is 0 Å². The molecule has 0 fully saturated rings. The molecule has 2 heterocycles. The predicted molar refractivity (Wildman–Crippen MR) is 118 cm³/mol. The molecule has 0 unspecified atom stereocenters. The van der Waals surface area contributed by atoms with Gasteiger partial charge in [0.25, 0.3) is 5.91 Å². The highest BCUT2D eigenvalue weighted by Crippen LogP contribution is 2.37. The fourth-order valence-corrected chi connectivity index (χ4v) is 4.67. The molecule has 0 aliphatic carbocycles. The summed E-state index contributed by atoms with van der Waals surface area (Å²) in [4.78, 5) is 49.2. The Bertz CT molecular complexity index is 1120. The van der Waals surface area contributed by atoms with Gasteiger partial charge in [-0.1, -0.05) is 11.6 Å². The Morgan fingerprint density at radius 3 is 2.44 bits per heavy atom. The smallest absolute Gasteiger partial charge is 0.386 e. The number of nitrogens with one attached hydrogen (secondary N) is 2. The first kappa shape index (κ1) is 25.5. The molecule has 4 N–H and O–H groups in total. The number of hydrogen-bond donors (Lipinski definition) is 3. The van der Waals surface area contributed by atoms with Gasteiger partial charge in [0.1, 0.15) is 5.00 Å². The SMILES string of the molecule is NC(=O)c1c(NC(=O)Nc2ccc(Cl)cc2)sc2c1CCN(CCC(=O)OC(=O)C(F)(F)F)C2. The number of carbonyl (C=O) groups excluding carboxylic acids is 4. The number of benzene rings is 1. The summed E-state index contributed by atoms with van der Waals surface area (Å²) in [5, 5.41) is 5.97. The maximum Gasteiger partial charge on any atom is 0.491 e. The molecule has 3 rings (SSSR count). The zero-order valence-electron chi connectivity index (χ0n) is 17.3. The van der Waals surface area contributed by atoms with Gasteiger partial charge in [0, 0.05) is 35.2 Å². The Morgan fingerprint density at radius 1 is 1.15 bits per heavy atom. The van der Waals surface area contributed by atoms with E-state index in [1.165, 1.54) is 0 Å². The van der Waals surface area contributed by atoms with Crippen LogP contribution in [0, 0.1) is 0 Å². The molecule has 2 aromatic rings. The number of carbonyl (C=O) groups is 4. The Kier molecular flexibility index (Phi) is 7.79. The van der Waals surface area contributed by atoms with Crippen LogP contribution in [0.3, 0.4) is 0 Å². The van der Waals surface area contributed by atoms with E-state index in [-0.39, 0.29) is 23.7 Å². The lowest BCUT2D eigenvalue weighted by atomic mass is 10.0. The van der Waals surface area contributed by atoms with Crippen molar-refractivity contribution in [3.05, 3.63) is 45.3 Å². The van der Waals surface area contributed by atoms with E-state index in [9.17, 15) is 32.3 Å². The highest BCUT2D eigenvalue weighted by atomic mass is 35.5.